The topological polar surface area (TPSA) is 43.2 Å². The van der Waals surface area contributed by atoms with E-state index in [0.717, 1.165) is 36.2 Å². The lowest BCUT2D eigenvalue weighted by Crippen LogP contribution is -2.30. The maximum Gasteiger partial charge on any atom is 0.387 e. The molecule has 0 radical (unpaired) electrons. The van der Waals surface area contributed by atoms with Crippen molar-refractivity contribution in [3.05, 3.63) is 71.5 Å². The van der Waals surface area contributed by atoms with Crippen molar-refractivity contribution in [1.82, 2.24) is 19.7 Å². The third-order valence-corrected chi connectivity index (χ3v) is 6.32. The van der Waals surface area contributed by atoms with Crippen LogP contribution in [0.2, 0.25) is 0 Å². The third-order valence-electron chi connectivity index (χ3n) is 5.28. The van der Waals surface area contributed by atoms with Crippen LogP contribution in [-0.2, 0) is 18.8 Å². The van der Waals surface area contributed by atoms with Gasteiger partial charge in [-0.25, -0.2) is 0 Å². The molecule has 2 heterocycles. The van der Waals surface area contributed by atoms with Crippen molar-refractivity contribution in [3.63, 3.8) is 0 Å². The molecule has 0 bridgehead atoms. The molecule has 0 atom stereocenters. The molecule has 1 aromatic heterocycles. The van der Waals surface area contributed by atoms with E-state index in [4.69, 9.17) is 0 Å². The van der Waals surface area contributed by atoms with Crippen LogP contribution in [-0.4, -0.2) is 39.4 Å². The summed E-state index contributed by atoms with van der Waals surface area (Å²) in [6, 6.07) is 17.1. The number of rotatable bonds is 9. The highest BCUT2D eigenvalue weighted by Gasteiger charge is 2.18. The van der Waals surface area contributed by atoms with Crippen molar-refractivity contribution in [2.24, 2.45) is 0 Å². The Kier molecular flexibility index (Phi) is 7.53. The normalized spacial score (nSPS) is 14.8. The summed E-state index contributed by atoms with van der Waals surface area (Å²) in [7, 11) is 0. The Bertz CT molecular complexity index is 961. The van der Waals surface area contributed by atoms with Gasteiger partial charge in [-0.1, -0.05) is 60.6 Å². The quantitative estimate of drug-likeness (QED) is 0.424. The first-order valence-electron chi connectivity index (χ1n) is 10.5. The Morgan fingerprint density at radius 2 is 1.68 bits per heavy atom. The minimum atomic E-state index is -2.82. The number of nitrogens with zero attached hydrogens (tertiary/aromatic N) is 4. The highest BCUT2D eigenvalue weighted by atomic mass is 32.2. The van der Waals surface area contributed by atoms with E-state index in [9.17, 15) is 8.78 Å². The zero-order valence-electron chi connectivity index (χ0n) is 17.3. The van der Waals surface area contributed by atoms with Crippen molar-refractivity contribution in [1.29, 1.82) is 0 Å². The number of likely N-dealkylation sites (tertiary alicyclic amines) is 1. The number of halogens is 2. The molecule has 3 aromatic rings. The van der Waals surface area contributed by atoms with Crippen LogP contribution >= 0.6 is 11.8 Å². The molecular formula is C23H26F2N4OS. The predicted octanol–water partition coefficient (Wildman–Crippen LogP) is 5.21. The number of thioether (sulfide) groups is 1. The zero-order chi connectivity index (χ0) is 21.5. The van der Waals surface area contributed by atoms with Crippen LogP contribution in [0.3, 0.4) is 0 Å². The molecular weight excluding hydrogens is 418 g/mol. The van der Waals surface area contributed by atoms with Gasteiger partial charge in [0.25, 0.3) is 0 Å². The number of ether oxygens (including phenoxy) is 1. The van der Waals surface area contributed by atoms with Gasteiger partial charge in [0.2, 0.25) is 0 Å². The maximum absolute atomic E-state index is 12.5. The first-order chi connectivity index (χ1) is 15.2. The van der Waals surface area contributed by atoms with Gasteiger partial charge in [-0.3, -0.25) is 4.90 Å². The van der Waals surface area contributed by atoms with Crippen molar-refractivity contribution < 1.29 is 13.5 Å². The Hall–Kier alpha value is -2.45. The summed E-state index contributed by atoms with van der Waals surface area (Å²) in [6.07, 6.45) is 3.75. The van der Waals surface area contributed by atoms with Crippen LogP contribution in [0.15, 0.2) is 59.8 Å². The van der Waals surface area contributed by atoms with E-state index in [1.165, 1.54) is 30.9 Å². The molecule has 0 amide bonds. The number of hydrogen-bond donors (Lipinski definition) is 0. The molecule has 164 valence electrons. The number of piperidine rings is 1. The second-order valence-electron chi connectivity index (χ2n) is 7.62. The molecule has 0 N–H and O–H groups in total. The van der Waals surface area contributed by atoms with Crippen LogP contribution in [0.25, 0.3) is 0 Å². The smallest absolute Gasteiger partial charge is 0.387 e. The summed E-state index contributed by atoms with van der Waals surface area (Å²) in [5.41, 5.74) is 2.09. The van der Waals surface area contributed by atoms with E-state index in [2.05, 4.69) is 36.5 Å². The van der Waals surface area contributed by atoms with Gasteiger partial charge in [-0.15, -0.1) is 10.2 Å². The Morgan fingerprint density at radius 1 is 0.903 bits per heavy atom. The molecule has 1 aliphatic heterocycles. The highest BCUT2D eigenvalue weighted by Crippen LogP contribution is 2.26. The molecule has 4 rings (SSSR count). The van der Waals surface area contributed by atoms with E-state index >= 15 is 0 Å². The second-order valence-corrected chi connectivity index (χ2v) is 8.56. The largest absolute Gasteiger partial charge is 0.435 e. The Labute approximate surface area is 185 Å². The van der Waals surface area contributed by atoms with Gasteiger partial charge in [0.15, 0.2) is 5.16 Å². The fourth-order valence-electron chi connectivity index (χ4n) is 3.74. The van der Waals surface area contributed by atoms with Gasteiger partial charge in [0.05, 0.1) is 13.1 Å². The van der Waals surface area contributed by atoms with Crippen LogP contribution < -0.4 is 4.74 Å². The second kappa shape index (κ2) is 10.7. The summed E-state index contributed by atoms with van der Waals surface area (Å²) in [6.45, 7) is 0.857. The SMILES string of the molecule is FC(F)Oc1cccc(CSc2nnc(CN3CCCCC3)n2Cc2ccccc2)c1. The lowest BCUT2D eigenvalue weighted by Gasteiger charge is -2.26. The average Bonchev–Trinajstić information content (AvgIpc) is 3.14. The standard InChI is InChI=1S/C23H26F2N4OS/c24-22(25)30-20-11-7-10-19(14-20)17-31-23-27-26-21(16-28-12-5-2-6-13-28)29(23)15-18-8-3-1-4-9-18/h1,3-4,7-11,14,22H,2,5-6,12-13,15-17H2. The molecule has 0 unspecified atom stereocenters. The molecule has 8 heteroatoms. The zero-order valence-corrected chi connectivity index (χ0v) is 18.1. The summed E-state index contributed by atoms with van der Waals surface area (Å²) in [5, 5.41) is 9.79. The minimum Gasteiger partial charge on any atom is -0.435 e. The van der Waals surface area contributed by atoms with E-state index in [1.54, 1.807) is 23.9 Å². The molecule has 0 saturated carbocycles. The summed E-state index contributed by atoms with van der Waals surface area (Å²) in [4.78, 5) is 2.44. The number of benzene rings is 2. The summed E-state index contributed by atoms with van der Waals surface area (Å²) < 4.78 is 31.7. The summed E-state index contributed by atoms with van der Waals surface area (Å²) in [5.74, 6) is 1.73. The molecule has 1 saturated heterocycles. The van der Waals surface area contributed by atoms with Gasteiger partial charge < -0.3 is 9.30 Å². The van der Waals surface area contributed by atoms with Gasteiger partial charge >= 0.3 is 6.61 Å². The lowest BCUT2D eigenvalue weighted by atomic mass is 10.1. The number of hydrogen-bond acceptors (Lipinski definition) is 5. The van der Waals surface area contributed by atoms with E-state index < -0.39 is 6.61 Å². The summed E-state index contributed by atoms with van der Waals surface area (Å²) >= 11 is 1.56. The predicted molar refractivity (Wildman–Crippen MR) is 117 cm³/mol. The number of aromatic nitrogens is 3. The molecule has 0 spiro atoms. The highest BCUT2D eigenvalue weighted by molar-refractivity contribution is 7.98. The molecule has 31 heavy (non-hydrogen) atoms. The van der Waals surface area contributed by atoms with Gasteiger partial charge in [0, 0.05) is 5.75 Å². The molecule has 2 aromatic carbocycles. The molecule has 1 aliphatic rings. The van der Waals surface area contributed by atoms with Crippen LogP contribution in [0.4, 0.5) is 8.78 Å². The molecule has 1 fully saturated rings. The van der Waals surface area contributed by atoms with Crippen molar-refractivity contribution in [3.8, 4) is 5.75 Å². The average molecular weight is 445 g/mol. The van der Waals surface area contributed by atoms with Crippen LogP contribution in [0.5, 0.6) is 5.75 Å². The fraction of sp³-hybridized carbons (Fsp3) is 0.391. The van der Waals surface area contributed by atoms with Crippen LogP contribution in [0.1, 0.15) is 36.2 Å². The van der Waals surface area contributed by atoms with E-state index in [1.807, 2.05) is 24.3 Å². The van der Waals surface area contributed by atoms with Crippen molar-refractivity contribution >= 4 is 11.8 Å². The Morgan fingerprint density at radius 3 is 2.45 bits per heavy atom. The first-order valence-corrected chi connectivity index (χ1v) is 11.5. The lowest BCUT2D eigenvalue weighted by molar-refractivity contribution is -0.0498. The Balaban J connectivity index is 1.50. The fourth-order valence-corrected chi connectivity index (χ4v) is 4.64. The van der Waals surface area contributed by atoms with E-state index in [0.29, 0.717) is 12.3 Å². The third kappa shape index (κ3) is 6.27. The monoisotopic (exact) mass is 444 g/mol. The van der Waals surface area contributed by atoms with Crippen LogP contribution in [0, 0.1) is 0 Å². The van der Waals surface area contributed by atoms with Crippen molar-refractivity contribution in [2.45, 2.75) is 49.9 Å². The van der Waals surface area contributed by atoms with Gasteiger partial charge in [0.1, 0.15) is 11.6 Å². The van der Waals surface area contributed by atoms with E-state index in [-0.39, 0.29) is 5.75 Å². The maximum atomic E-state index is 12.5. The first kappa shape index (κ1) is 21.8. The van der Waals surface area contributed by atoms with Gasteiger partial charge in [-0.2, -0.15) is 8.78 Å². The van der Waals surface area contributed by atoms with Gasteiger partial charge in [-0.05, 0) is 49.2 Å². The number of alkyl halides is 2. The molecule has 0 aliphatic carbocycles. The van der Waals surface area contributed by atoms with Crippen molar-refractivity contribution in [2.75, 3.05) is 13.1 Å². The molecule has 5 nitrogen and oxygen atoms in total. The minimum absolute atomic E-state index is 0.171.